The molecule has 1 aromatic carbocycles. The molecule has 0 aliphatic carbocycles. The van der Waals surface area contributed by atoms with E-state index in [0.717, 1.165) is 0 Å². The molecule has 3 amide bonds. The second-order valence-electron chi connectivity index (χ2n) is 8.39. The largest absolute Gasteiger partial charge is 0.508 e. The van der Waals surface area contributed by atoms with Gasteiger partial charge < -0.3 is 42.0 Å². The van der Waals surface area contributed by atoms with Gasteiger partial charge in [-0.1, -0.05) is 12.1 Å². The molecular formula is C23H30N6O8S. The highest BCUT2D eigenvalue weighted by atomic mass is 32.1. The van der Waals surface area contributed by atoms with E-state index >= 15 is 0 Å². The fraction of sp³-hybridized carbons (Fsp3) is 0.391. The number of hydrogen-bond donors (Lipinski definition) is 9. The molecule has 15 heteroatoms. The van der Waals surface area contributed by atoms with Crippen LogP contribution in [0, 0.1) is 0 Å². The highest BCUT2D eigenvalue weighted by Crippen LogP contribution is 2.12. The molecule has 2 aromatic rings. The number of aromatic nitrogens is 2. The zero-order valence-electron chi connectivity index (χ0n) is 20.2. The van der Waals surface area contributed by atoms with E-state index in [4.69, 9.17) is 10.8 Å². The Morgan fingerprint density at radius 1 is 0.921 bits per heavy atom. The third-order valence-corrected chi connectivity index (χ3v) is 5.81. The molecule has 9 N–H and O–H groups in total. The van der Waals surface area contributed by atoms with Crippen LogP contribution in [0.25, 0.3) is 0 Å². The number of hydrogen-bond acceptors (Lipinski definition) is 9. The zero-order chi connectivity index (χ0) is 28.2. The van der Waals surface area contributed by atoms with E-state index in [1.54, 1.807) is 0 Å². The Kier molecular flexibility index (Phi) is 11.6. The van der Waals surface area contributed by atoms with Gasteiger partial charge in [0.15, 0.2) is 0 Å². The predicted octanol–water partition coefficient (Wildman–Crippen LogP) is -1.44. The summed E-state index contributed by atoms with van der Waals surface area (Å²) in [7, 11) is 0. The summed E-state index contributed by atoms with van der Waals surface area (Å²) in [6.07, 6.45) is 1.76. The molecule has 0 radical (unpaired) electrons. The number of imidazole rings is 1. The molecule has 206 valence electrons. The lowest BCUT2D eigenvalue weighted by atomic mass is 10.0. The molecule has 0 fully saturated rings. The van der Waals surface area contributed by atoms with Crippen LogP contribution in [-0.2, 0) is 36.8 Å². The van der Waals surface area contributed by atoms with E-state index in [0.29, 0.717) is 11.3 Å². The lowest BCUT2D eigenvalue weighted by Crippen LogP contribution is -2.58. The van der Waals surface area contributed by atoms with Crippen LogP contribution in [0.2, 0.25) is 0 Å². The lowest BCUT2D eigenvalue weighted by Gasteiger charge is -2.25. The van der Waals surface area contributed by atoms with Gasteiger partial charge in [0.1, 0.15) is 23.9 Å². The summed E-state index contributed by atoms with van der Waals surface area (Å²) in [5, 5.41) is 35.3. The maximum Gasteiger partial charge on any atom is 0.326 e. The summed E-state index contributed by atoms with van der Waals surface area (Å²) < 4.78 is 0. The second kappa shape index (κ2) is 14.6. The molecule has 4 atom stereocenters. The number of carbonyl (C=O) groups excluding carboxylic acids is 3. The van der Waals surface area contributed by atoms with Crippen molar-refractivity contribution in [2.75, 3.05) is 5.75 Å². The van der Waals surface area contributed by atoms with E-state index in [-0.39, 0.29) is 30.8 Å². The van der Waals surface area contributed by atoms with Crippen molar-refractivity contribution in [3.8, 4) is 5.75 Å². The van der Waals surface area contributed by atoms with Crippen LogP contribution in [0.3, 0.4) is 0 Å². The smallest absolute Gasteiger partial charge is 0.326 e. The number of phenolic OH excluding ortho intramolecular Hbond substituents is 1. The van der Waals surface area contributed by atoms with Crippen LogP contribution >= 0.6 is 12.6 Å². The number of carbonyl (C=O) groups is 5. The normalized spacial score (nSPS) is 13.9. The standard InChI is InChI=1S/C23H30N6O8S/c24-15(10-38)20(33)28-17(8-13-9-25-11-26-13)22(35)27-16(5-6-19(31)32)21(34)29-18(23(36)37)7-12-1-3-14(30)4-2-12/h1-4,9,11,15-18,30,38H,5-8,10,24H2,(H,25,26)(H,27,35)(H,28,33)(H,29,34)(H,31,32)(H,36,37). The second-order valence-corrected chi connectivity index (χ2v) is 8.76. The third-order valence-electron chi connectivity index (χ3n) is 5.42. The first-order valence-corrected chi connectivity index (χ1v) is 12.1. The molecule has 14 nitrogen and oxygen atoms in total. The average molecular weight is 551 g/mol. The number of thiol groups is 1. The van der Waals surface area contributed by atoms with Crippen molar-refractivity contribution in [3.05, 3.63) is 48.0 Å². The average Bonchev–Trinajstić information content (AvgIpc) is 3.39. The lowest BCUT2D eigenvalue weighted by molar-refractivity contribution is -0.143. The summed E-state index contributed by atoms with van der Waals surface area (Å²) in [6, 6.07) is 0.613. The van der Waals surface area contributed by atoms with E-state index in [1.165, 1.54) is 36.8 Å². The van der Waals surface area contributed by atoms with Crippen molar-refractivity contribution in [3.63, 3.8) is 0 Å². The Bertz CT molecular complexity index is 1110. The van der Waals surface area contributed by atoms with Gasteiger partial charge in [-0.05, 0) is 24.1 Å². The van der Waals surface area contributed by atoms with Gasteiger partial charge in [-0.25, -0.2) is 9.78 Å². The van der Waals surface area contributed by atoms with Gasteiger partial charge in [0.2, 0.25) is 17.7 Å². The SMILES string of the molecule is NC(CS)C(=O)NC(Cc1cnc[nH]1)C(=O)NC(CCC(=O)O)C(=O)NC(Cc1ccc(O)cc1)C(=O)O. The molecule has 38 heavy (non-hydrogen) atoms. The zero-order valence-corrected chi connectivity index (χ0v) is 21.1. The number of amides is 3. The number of H-pyrrole nitrogens is 1. The highest BCUT2D eigenvalue weighted by molar-refractivity contribution is 7.80. The van der Waals surface area contributed by atoms with Gasteiger partial charge in [-0.2, -0.15) is 12.6 Å². The van der Waals surface area contributed by atoms with Crippen molar-refractivity contribution in [2.45, 2.75) is 49.9 Å². The minimum atomic E-state index is -1.43. The van der Waals surface area contributed by atoms with Gasteiger partial charge in [0.25, 0.3) is 0 Å². The molecule has 0 aliphatic rings. The van der Waals surface area contributed by atoms with Crippen molar-refractivity contribution < 1.29 is 39.3 Å². The molecule has 1 heterocycles. The molecule has 0 aliphatic heterocycles. The maximum atomic E-state index is 13.1. The van der Waals surface area contributed by atoms with Crippen molar-refractivity contribution in [1.82, 2.24) is 25.9 Å². The van der Waals surface area contributed by atoms with Crippen LogP contribution in [0.5, 0.6) is 5.75 Å². The number of nitrogens with two attached hydrogens (primary N) is 1. The van der Waals surface area contributed by atoms with E-state index in [2.05, 4.69) is 38.5 Å². The van der Waals surface area contributed by atoms with Gasteiger partial charge in [-0.3, -0.25) is 19.2 Å². The van der Waals surface area contributed by atoms with Crippen LogP contribution < -0.4 is 21.7 Å². The first kappa shape index (κ1) is 30.1. The predicted molar refractivity (Wildman–Crippen MR) is 136 cm³/mol. The molecule has 4 unspecified atom stereocenters. The summed E-state index contributed by atoms with van der Waals surface area (Å²) >= 11 is 3.96. The van der Waals surface area contributed by atoms with Gasteiger partial charge in [0, 0.05) is 36.9 Å². The summed E-state index contributed by atoms with van der Waals surface area (Å²) in [5.41, 5.74) is 6.67. The molecule has 0 saturated heterocycles. The number of aromatic hydroxyl groups is 1. The van der Waals surface area contributed by atoms with E-state index < -0.39 is 60.2 Å². The van der Waals surface area contributed by atoms with Gasteiger partial charge in [0.05, 0.1) is 12.4 Å². The number of carboxylic acids is 2. The Hall–Kier alpha value is -4.11. The van der Waals surface area contributed by atoms with Crippen LogP contribution in [0.4, 0.5) is 0 Å². The Morgan fingerprint density at radius 3 is 2.08 bits per heavy atom. The number of phenols is 1. The maximum absolute atomic E-state index is 13.1. The molecule has 0 saturated carbocycles. The minimum absolute atomic E-state index is 0.00544. The van der Waals surface area contributed by atoms with Crippen molar-refractivity contribution >= 4 is 42.3 Å². The van der Waals surface area contributed by atoms with Gasteiger partial charge >= 0.3 is 11.9 Å². The van der Waals surface area contributed by atoms with Crippen molar-refractivity contribution in [1.29, 1.82) is 0 Å². The number of rotatable bonds is 15. The number of aliphatic carboxylic acids is 2. The van der Waals surface area contributed by atoms with Crippen LogP contribution in [0.1, 0.15) is 24.1 Å². The Morgan fingerprint density at radius 2 is 1.53 bits per heavy atom. The molecule has 0 spiro atoms. The van der Waals surface area contributed by atoms with Crippen LogP contribution in [0.15, 0.2) is 36.8 Å². The molecular weight excluding hydrogens is 520 g/mol. The molecule has 1 aromatic heterocycles. The number of nitrogens with one attached hydrogen (secondary N) is 4. The highest BCUT2D eigenvalue weighted by Gasteiger charge is 2.31. The fourth-order valence-electron chi connectivity index (χ4n) is 3.34. The summed E-state index contributed by atoms with van der Waals surface area (Å²) in [6.45, 7) is 0. The van der Waals surface area contributed by atoms with E-state index in [1.807, 2.05) is 0 Å². The molecule has 0 bridgehead atoms. The van der Waals surface area contributed by atoms with Crippen molar-refractivity contribution in [2.24, 2.45) is 5.73 Å². The number of aromatic amines is 1. The van der Waals surface area contributed by atoms with E-state index in [9.17, 15) is 34.2 Å². The number of carboxylic acid groups (broad SMARTS) is 2. The quantitative estimate of drug-likeness (QED) is 0.117. The monoisotopic (exact) mass is 550 g/mol. The Labute approximate surface area is 222 Å². The number of nitrogens with zero attached hydrogens (tertiary/aromatic N) is 1. The summed E-state index contributed by atoms with van der Waals surface area (Å²) in [5.74, 6) is -5.04. The topological polar surface area (TPSA) is 237 Å². The first-order valence-electron chi connectivity index (χ1n) is 11.5. The minimum Gasteiger partial charge on any atom is -0.508 e. The Balaban J connectivity index is 2.20. The first-order chi connectivity index (χ1) is 18.0. The third kappa shape index (κ3) is 9.74. The van der Waals surface area contributed by atoms with Crippen LogP contribution in [-0.4, -0.2) is 84.9 Å². The number of benzene rings is 1. The molecule has 2 rings (SSSR count). The fourth-order valence-corrected chi connectivity index (χ4v) is 3.50. The summed E-state index contributed by atoms with van der Waals surface area (Å²) in [4.78, 5) is 68.1. The van der Waals surface area contributed by atoms with Gasteiger partial charge in [-0.15, -0.1) is 0 Å².